The molecule has 1 rings (SSSR count). The standard InChI is InChI=1S/C13H19FN2O4/c1-9(2)15(5-4-6-17)11-8-13(20-3)12(16(18)19)7-10(11)14/h7-9,17H,4-6H2,1-3H3. The average molecular weight is 286 g/mol. The van der Waals surface area contributed by atoms with Crippen molar-refractivity contribution in [1.29, 1.82) is 0 Å². The number of nitro benzene ring substituents is 1. The lowest BCUT2D eigenvalue weighted by atomic mass is 10.2. The summed E-state index contributed by atoms with van der Waals surface area (Å²) < 4.78 is 19.1. The highest BCUT2D eigenvalue weighted by Crippen LogP contribution is 2.34. The molecule has 0 bridgehead atoms. The molecule has 0 saturated carbocycles. The Kier molecular flexibility index (Phi) is 5.69. The van der Waals surface area contributed by atoms with Crippen molar-refractivity contribution in [2.75, 3.05) is 25.2 Å². The molecule has 1 N–H and O–H groups in total. The number of benzene rings is 1. The van der Waals surface area contributed by atoms with E-state index in [1.54, 1.807) is 4.90 Å². The van der Waals surface area contributed by atoms with Crippen LogP contribution in [0.3, 0.4) is 0 Å². The molecule has 0 aliphatic carbocycles. The lowest BCUT2D eigenvalue weighted by Crippen LogP contribution is -2.33. The Bertz CT molecular complexity index is 480. The third-order valence-corrected chi connectivity index (χ3v) is 2.93. The van der Waals surface area contributed by atoms with Crippen molar-refractivity contribution in [2.24, 2.45) is 0 Å². The van der Waals surface area contributed by atoms with Crippen molar-refractivity contribution in [3.05, 3.63) is 28.1 Å². The van der Waals surface area contributed by atoms with Crippen LogP contribution in [0.15, 0.2) is 12.1 Å². The van der Waals surface area contributed by atoms with Gasteiger partial charge < -0.3 is 14.7 Å². The molecular weight excluding hydrogens is 267 g/mol. The van der Waals surface area contributed by atoms with Crippen molar-refractivity contribution in [1.82, 2.24) is 0 Å². The summed E-state index contributed by atoms with van der Waals surface area (Å²) >= 11 is 0. The first-order valence-electron chi connectivity index (χ1n) is 6.31. The lowest BCUT2D eigenvalue weighted by Gasteiger charge is -2.29. The van der Waals surface area contributed by atoms with E-state index in [0.29, 0.717) is 13.0 Å². The van der Waals surface area contributed by atoms with Crippen molar-refractivity contribution in [3.8, 4) is 5.75 Å². The van der Waals surface area contributed by atoms with Crippen LogP contribution in [-0.2, 0) is 0 Å². The fourth-order valence-corrected chi connectivity index (χ4v) is 1.96. The number of anilines is 1. The van der Waals surface area contributed by atoms with E-state index in [9.17, 15) is 14.5 Å². The number of methoxy groups -OCH3 is 1. The molecule has 0 heterocycles. The number of rotatable bonds is 7. The normalized spacial score (nSPS) is 10.7. The van der Waals surface area contributed by atoms with E-state index in [0.717, 1.165) is 6.07 Å². The fourth-order valence-electron chi connectivity index (χ4n) is 1.96. The van der Waals surface area contributed by atoms with Crippen LogP contribution in [0.5, 0.6) is 5.75 Å². The van der Waals surface area contributed by atoms with E-state index in [1.807, 2.05) is 13.8 Å². The molecule has 7 heteroatoms. The molecule has 0 amide bonds. The molecule has 0 atom stereocenters. The van der Waals surface area contributed by atoms with Gasteiger partial charge in [-0.05, 0) is 20.3 Å². The van der Waals surface area contributed by atoms with Crippen molar-refractivity contribution in [3.63, 3.8) is 0 Å². The van der Waals surface area contributed by atoms with Gasteiger partial charge in [0.2, 0.25) is 0 Å². The summed E-state index contributed by atoms with van der Waals surface area (Å²) in [6.07, 6.45) is 0.483. The first-order valence-corrected chi connectivity index (χ1v) is 6.31. The van der Waals surface area contributed by atoms with Gasteiger partial charge in [0.05, 0.1) is 23.8 Å². The van der Waals surface area contributed by atoms with E-state index >= 15 is 0 Å². The Labute approximate surface area is 116 Å². The predicted molar refractivity (Wildman–Crippen MR) is 73.8 cm³/mol. The van der Waals surface area contributed by atoms with E-state index < -0.39 is 16.4 Å². The van der Waals surface area contributed by atoms with E-state index in [4.69, 9.17) is 9.84 Å². The van der Waals surface area contributed by atoms with Gasteiger partial charge in [-0.1, -0.05) is 0 Å². The Morgan fingerprint density at radius 2 is 2.15 bits per heavy atom. The number of nitro groups is 1. The van der Waals surface area contributed by atoms with Gasteiger partial charge in [-0.3, -0.25) is 10.1 Å². The SMILES string of the molecule is COc1cc(N(CCCO)C(C)C)c(F)cc1[N+](=O)[O-]. The van der Waals surface area contributed by atoms with Crippen molar-refractivity contribution in [2.45, 2.75) is 26.3 Å². The zero-order valence-corrected chi connectivity index (χ0v) is 11.8. The molecule has 0 radical (unpaired) electrons. The van der Waals surface area contributed by atoms with Gasteiger partial charge in [0, 0.05) is 25.3 Å². The quantitative estimate of drug-likeness (QED) is 0.615. The van der Waals surface area contributed by atoms with Crippen LogP contribution in [0.1, 0.15) is 20.3 Å². The molecule has 112 valence electrons. The Hall–Kier alpha value is -1.89. The minimum Gasteiger partial charge on any atom is -0.490 e. The summed E-state index contributed by atoms with van der Waals surface area (Å²) in [6.45, 7) is 4.20. The van der Waals surface area contributed by atoms with Crippen LogP contribution in [0, 0.1) is 15.9 Å². The minimum atomic E-state index is -0.681. The fraction of sp³-hybridized carbons (Fsp3) is 0.538. The second kappa shape index (κ2) is 7.04. The summed E-state index contributed by atoms with van der Waals surface area (Å²) in [6, 6.07) is 2.18. The summed E-state index contributed by atoms with van der Waals surface area (Å²) in [5, 5.41) is 19.7. The average Bonchev–Trinajstić information content (AvgIpc) is 2.39. The van der Waals surface area contributed by atoms with E-state index in [-0.39, 0.29) is 24.1 Å². The van der Waals surface area contributed by atoms with Gasteiger partial charge >= 0.3 is 5.69 Å². The molecule has 20 heavy (non-hydrogen) atoms. The predicted octanol–water partition coefficient (Wildman–Crippen LogP) is 2.34. The first kappa shape index (κ1) is 16.2. The van der Waals surface area contributed by atoms with Crippen LogP contribution in [0.25, 0.3) is 0 Å². The Morgan fingerprint density at radius 3 is 2.60 bits per heavy atom. The smallest absolute Gasteiger partial charge is 0.313 e. The Morgan fingerprint density at radius 1 is 1.50 bits per heavy atom. The summed E-state index contributed by atoms with van der Waals surface area (Å²) in [4.78, 5) is 11.9. The highest BCUT2D eigenvalue weighted by Gasteiger charge is 2.23. The van der Waals surface area contributed by atoms with Gasteiger partial charge in [0.1, 0.15) is 0 Å². The molecule has 0 unspecified atom stereocenters. The number of ether oxygens (including phenoxy) is 1. The summed E-state index contributed by atoms with van der Waals surface area (Å²) in [5.74, 6) is -0.662. The van der Waals surface area contributed by atoms with Crippen LogP contribution in [-0.4, -0.2) is 36.3 Å². The number of aliphatic hydroxyl groups is 1. The van der Waals surface area contributed by atoms with E-state index in [2.05, 4.69) is 0 Å². The molecular formula is C13H19FN2O4. The molecule has 0 aromatic heterocycles. The maximum Gasteiger partial charge on any atom is 0.313 e. The van der Waals surface area contributed by atoms with Crippen LogP contribution in [0.2, 0.25) is 0 Å². The van der Waals surface area contributed by atoms with Crippen LogP contribution >= 0.6 is 0 Å². The van der Waals surface area contributed by atoms with E-state index in [1.165, 1.54) is 13.2 Å². The summed E-state index contributed by atoms with van der Waals surface area (Å²) in [7, 11) is 1.30. The number of hydrogen-bond donors (Lipinski definition) is 1. The molecule has 1 aromatic rings. The largest absolute Gasteiger partial charge is 0.490 e. The maximum absolute atomic E-state index is 14.1. The molecule has 0 spiro atoms. The highest BCUT2D eigenvalue weighted by molar-refractivity contribution is 5.60. The second-order valence-corrected chi connectivity index (χ2v) is 4.60. The third kappa shape index (κ3) is 3.57. The Balaban J connectivity index is 3.25. The lowest BCUT2D eigenvalue weighted by molar-refractivity contribution is -0.385. The second-order valence-electron chi connectivity index (χ2n) is 4.60. The van der Waals surface area contributed by atoms with Gasteiger partial charge in [0.25, 0.3) is 0 Å². The van der Waals surface area contributed by atoms with Crippen LogP contribution in [0.4, 0.5) is 15.8 Å². The first-order chi connectivity index (χ1) is 9.42. The van der Waals surface area contributed by atoms with Gasteiger partial charge in [-0.25, -0.2) is 4.39 Å². The maximum atomic E-state index is 14.1. The zero-order valence-electron chi connectivity index (χ0n) is 11.8. The summed E-state index contributed by atoms with van der Waals surface area (Å²) in [5.41, 5.74) is -0.171. The molecule has 6 nitrogen and oxygen atoms in total. The van der Waals surface area contributed by atoms with Crippen molar-refractivity contribution < 1.29 is 19.2 Å². The number of aliphatic hydroxyl groups excluding tert-OH is 1. The molecule has 0 fully saturated rings. The topological polar surface area (TPSA) is 75.8 Å². The van der Waals surface area contributed by atoms with Crippen molar-refractivity contribution >= 4 is 11.4 Å². The zero-order chi connectivity index (χ0) is 15.3. The number of nitrogens with zero attached hydrogens (tertiary/aromatic N) is 2. The monoisotopic (exact) mass is 286 g/mol. The third-order valence-electron chi connectivity index (χ3n) is 2.93. The number of halogens is 1. The van der Waals surface area contributed by atoms with Gasteiger partial charge in [-0.2, -0.15) is 0 Å². The van der Waals surface area contributed by atoms with Crippen LogP contribution < -0.4 is 9.64 Å². The van der Waals surface area contributed by atoms with Gasteiger partial charge in [0.15, 0.2) is 11.6 Å². The molecule has 1 aromatic carbocycles. The number of hydrogen-bond acceptors (Lipinski definition) is 5. The molecule has 0 aliphatic rings. The molecule has 0 aliphatic heterocycles. The molecule has 0 saturated heterocycles. The highest BCUT2D eigenvalue weighted by atomic mass is 19.1. The van der Waals surface area contributed by atoms with Gasteiger partial charge in [-0.15, -0.1) is 0 Å². The minimum absolute atomic E-state index is 0.00500.